The lowest BCUT2D eigenvalue weighted by molar-refractivity contribution is 0.722. The second-order valence-electron chi connectivity index (χ2n) is 5.08. The third-order valence-electron chi connectivity index (χ3n) is 3.68. The molecule has 1 aromatic carbocycles. The Morgan fingerprint density at radius 3 is 2.45 bits per heavy atom. The summed E-state index contributed by atoms with van der Waals surface area (Å²) < 4.78 is 1.09. The molecule has 4 rings (SSSR count). The van der Waals surface area contributed by atoms with Crippen molar-refractivity contribution in [2.24, 2.45) is 5.10 Å². The minimum atomic E-state index is 0.290. The third kappa shape index (κ3) is 2.64. The maximum Gasteiger partial charge on any atom is 0.0923 e. The number of benzene rings is 1. The second kappa shape index (κ2) is 5.99. The quantitative estimate of drug-likeness (QED) is 0.542. The number of rotatable bonds is 3. The van der Waals surface area contributed by atoms with Gasteiger partial charge in [-0.15, -0.1) is 22.7 Å². The van der Waals surface area contributed by atoms with E-state index in [1.807, 2.05) is 0 Å². The Labute approximate surface area is 145 Å². The topological polar surface area (TPSA) is 15.6 Å². The Balaban J connectivity index is 1.74. The molecule has 0 unspecified atom stereocenters. The highest BCUT2D eigenvalue weighted by molar-refractivity contribution is 9.10. The van der Waals surface area contributed by atoms with E-state index in [0.717, 1.165) is 16.6 Å². The van der Waals surface area contributed by atoms with Gasteiger partial charge in [-0.1, -0.05) is 28.1 Å². The maximum atomic E-state index is 4.92. The van der Waals surface area contributed by atoms with Gasteiger partial charge < -0.3 is 0 Å². The molecule has 0 fully saturated rings. The number of hydrogen-bond donors (Lipinski definition) is 0. The molecular formula is C17H13BrN2S2. The van der Waals surface area contributed by atoms with Gasteiger partial charge >= 0.3 is 0 Å². The first-order valence-electron chi connectivity index (χ1n) is 7.01. The fourth-order valence-electron chi connectivity index (χ4n) is 2.64. The highest BCUT2D eigenvalue weighted by atomic mass is 79.9. The van der Waals surface area contributed by atoms with E-state index >= 15 is 0 Å². The van der Waals surface area contributed by atoms with Gasteiger partial charge in [-0.05, 0) is 47.2 Å². The van der Waals surface area contributed by atoms with Crippen molar-refractivity contribution in [3.8, 4) is 0 Å². The Morgan fingerprint density at radius 1 is 1.00 bits per heavy atom. The van der Waals surface area contributed by atoms with Gasteiger partial charge in [0, 0.05) is 15.8 Å². The molecule has 1 atom stereocenters. The van der Waals surface area contributed by atoms with E-state index in [2.05, 4.69) is 80.2 Å². The molecule has 0 N–H and O–H groups in total. The average Bonchev–Trinajstić information content (AvgIpc) is 3.27. The van der Waals surface area contributed by atoms with E-state index in [4.69, 9.17) is 5.10 Å². The van der Waals surface area contributed by atoms with Crippen molar-refractivity contribution in [1.29, 1.82) is 0 Å². The van der Waals surface area contributed by atoms with Crippen LogP contribution in [0, 0.1) is 0 Å². The van der Waals surface area contributed by atoms with Gasteiger partial charge in [-0.3, -0.25) is 5.01 Å². The number of nitrogens with zero attached hydrogens (tertiary/aromatic N) is 2. The zero-order chi connectivity index (χ0) is 14.9. The van der Waals surface area contributed by atoms with Crippen molar-refractivity contribution in [2.45, 2.75) is 12.5 Å². The molecule has 0 radical (unpaired) electrons. The van der Waals surface area contributed by atoms with Crippen molar-refractivity contribution in [2.75, 3.05) is 5.01 Å². The lowest BCUT2D eigenvalue weighted by atomic mass is 10.1. The average molecular weight is 389 g/mol. The zero-order valence-electron chi connectivity index (χ0n) is 11.6. The molecule has 22 heavy (non-hydrogen) atoms. The molecule has 0 amide bonds. The van der Waals surface area contributed by atoms with Crippen LogP contribution in [0.15, 0.2) is 68.9 Å². The Kier molecular flexibility index (Phi) is 3.86. The normalized spacial score (nSPS) is 17.8. The third-order valence-corrected chi connectivity index (χ3v) is 6.10. The number of thiophene rings is 2. The Bertz CT molecular complexity index is 777. The van der Waals surface area contributed by atoms with Gasteiger partial charge in [0.15, 0.2) is 0 Å². The van der Waals surface area contributed by atoms with E-state index in [1.165, 1.54) is 15.5 Å². The molecule has 0 aliphatic carbocycles. The van der Waals surface area contributed by atoms with Gasteiger partial charge in [-0.2, -0.15) is 5.10 Å². The summed E-state index contributed by atoms with van der Waals surface area (Å²) in [4.78, 5) is 2.62. The Hall–Kier alpha value is -1.43. The van der Waals surface area contributed by atoms with Gasteiger partial charge in [0.05, 0.1) is 22.3 Å². The van der Waals surface area contributed by atoms with Crippen LogP contribution in [0.1, 0.15) is 22.2 Å². The molecule has 0 spiro atoms. The van der Waals surface area contributed by atoms with Crippen LogP contribution in [-0.2, 0) is 0 Å². The van der Waals surface area contributed by atoms with E-state index in [-0.39, 0.29) is 0 Å². The second-order valence-corrected chi connectivity index (χ2v) is 7.92. The highest BCUT2D eigenvalue weighted by Gasteiger charge is 2.30. The molecule has 3 aromatic rings. The molecule has 0 saturated heterocycles. The number of hydrazone groups is 1. The first kappa shape index (κ1) is 14.2. The van der Waals surface area contributed by atoms with Crippen LogP contribution in [0.3, 0.4) is 0 Å². The fraction of sp³-hybridized carbons (Fsp3) is 0.118. The molecule has 2 nitrogen and oxygen atoms in total. The zero-order valence-corrected chi connectivity index (χ0v) is 14.9. The van der Waals surface area contributed by atoms with Crippen molar-refractivity contribution < 1.29 is 0 Å². The van der Waals surface area contributed by atoms with Gasteiger partial charge in [0.25, 0.3) is 0 Å². The molecule has 1 aliphatic heterocycles. The number of anilines is 1. The summed E-state index contributed by atoms with van der Waals surface area (Å²) in [5.41, 5.74) is 2.31. The van der Waals surface area contributed by atoms with Gasteiger partial charge in [0.2, 0.25) is 0 Å². The van der Waals surface area contributed by atoms with Crippen molar-refractivity contribution in [3.63, 3.8) is 0 Å². The molecule has 2 aromatic heterocycles. The molecule has 0 saturated carbocycles. The minimum absolute atomic E-state index is 0.290. The fourth-order valence-corrected chi connectivity index (χ4v) is 4.43. The van der Waals surface area contributed by atoms with Crippen LogP contribution in [0.4, 0.5) is 5.69 Å². The van der Waals surface area contributed by atoms with Gasteiger partial charge in [0.1, 0.15) is 0 Å². The summed E-state index contributed by atoms with van der Waals surface area (Å²) in [5.74, 6) is 0. The van der Waals surface area contributed by atoms with Crippen LogP contribution >= 0.6 is 38.6 Å². The predicted molar refractivity (Wildman–Crippen MR) is 99.2 cm³/mol. The molecule has 1 aliphatic rings. The largest absolute Gasteiger partial charge is 0.257 e. The number of halogens is 1. The molecular weight excluding hydrogens is 376 g/mol. The van der Waals surface area contributed by atoms with E-state index in [0.29, 0.717) is 6.04 Å². The molecule has 110 valence electrons. The van der Waals surface area contributed by atoms with E-state index in [9.17, 15) is 0 Å². The summed E-state index contributed by atoms with van der Waals surface area (Å²) in [5, 5.41) is 11.3. The smallest absolute Gasteiger partial charge is 0.0923 e. The summed E-state index contributed by atoms with van der Waals surface area (Å²) in [6.45, 7) is 0. The van der Waals surface area contributed by atoms with Crippen LogP contribution in [0.5, 0.6) is 0 Å². The monoisotopic (exact) mass is 388 g/mol. The molecule has 0 bridgehead atoms. The highest BCUT2D eigenvalue weighted by Crippen LogP contribution is 2.39. The first-order chi connectivity index (χ1) is 10.8. The van der Waals surface area contributed by atoms with Crippen molar-refractivity contribution in [1.82, 2.24) is 0 Å². The molecule has 3 heterocycles. The minimum Gasteiger partial charge on any atom is -0.257 e. The summed E-state index contributed by atoms with van der Waals surface area (Å²) in [6.07, 6.45) is 0.955. The SMILES string of the molecule is Brc1ccc(N2N=C(c3cccs3)C[C@@H]2c2cccs2)cc1. The first-order valence-corrected chi connectivity index (χ1v) is 9.56. The van der Waals surface area contributed by atoms with Crippen molar-refractivity contribution in [3.05, 3.63) is 73.5 Å². The van der Waals surface area contributed by atoms with Crippen LogP contribution in [0.25, 0.3) is 0 Å². The predicted octanol–water partition coefficient (Wildman–Crippen LogP) is 5.93. The summed E-state index contributed by atoms with van der Waals surface area (Å²) >= 11 is 7.06. The lowest BCUT2D eigenvalue weighted by Gasteiger charge is -2.22. The van der Waals surface area contributed by atoms with E-state index in [1.54, 1.807) is 22.7 Å². The summed E-state index contributed by atoms with van der Waals surface area (Å²) in [7, 11) is 0. The van der Waals surface area contributed by atoms with Crippen LogP contribution in [0.2, 0.25) is 0 Å². The van der Waals surface area contributed by atoms with Crippen molar-refractivity contribution >= 4 is 50.0 Å². The van der Waals surface area contributed by atoms with Crippen LogP contribution in [-0.4, -0.2) is 5.71 Å². The lowest BCUT2D eigenvalue weighted by Crippen LogP contribution is -2.17. The van der Waals surface area contributed by atoms with Crippen LogP contribution < -0.4 is 5.01 Å². The standard InChI is InChI=1S/C17H13BrN2S2/c18-12-5-7-13(8-6-12)20-15(17-4-2-10-22-17)11-14(19-20)16-3-1-9-21-16/h1-10,15H,11H2/t15-/m1/s1. The number of hydrogen-bond acceptors (Lipinski definition) is 4. The maximum absolute atomic E-state index is 4.92. The Morgan fingerprint density at radius 2 is 1.77 bits per heavy atom. The summed E-state index contributed by atoms with van der Waals surface area (Å²) in [6, 6.07) is 17.2. The van der Waals surface area contributed by atoms with Gasteiger partial charge in [-0.25, -0.2) is 0 Å². The molecule has 5 heteroatoms. The van der Waals surface area contributed by atoms with E-state index < -0.39 is 0 Å².